The predicted octanol–water partition coefficient (Wildman–Crippen LogP) is 0.977. The summed E-state index contributed by atoms with van der Waals surface area (Å²) in [5.74, 6) is -1.60. The molecule has 3 nitrogen and oxygen atoms in total. The highest BCUT2D eigenvalue weighted by molar-refractivity contribution is 5.73. The molecule has 0 bridgehead atoms. The minimum absolute atomic E-state index is 0.437. The van der Waals surface area contributed by atoms with Crippen molar-refractivity contribution in [2.75, 3.05) is 0 Å². The molecular formula is C10H10O3. The maximum absolute atomic E-state index is 10.7. The van der Waals surface area contributed by atoms with Crippen molar-refractivity contribution in [3.8, 4) is 0 Å². The molecule has 0 aliphatic heterocycles. The molecule has 0 saturated carbocycles. The Morgan fingerprint density at radius 1 is 1.38 bits per heavy atom. The quantitative estimate of drug-likeness (QED) is 0.673. The van der Waals surface area contributed by atoms with Crippen molar-refractivity contribution < 1.29 is 15.0 Å². The summed E-state index contributed by atoms with van der Waals surface area (Å²) in [4.78, 5) is 10.7. The molecule has 1 aromatic carbocycles. The second-order valence-corrected chi connectivity index (χ2v) is 3.29. The van der Waals surface area contributed by atoms with E-state index in [1.54, 1.807) is 6.07 Å². The van der Waals surface area contributed by atoms with Gasteiger partial charge in [-0.15, -0.1) is 0 Å². The van der Waals surface area contributed by atoms with E-state index in [4.69, 9.17) is 5.11 Å². The molecule has 2 atom stereocenters. The van der Waals surface area contributed by atoms with E-state index in [9.17, 15) is 9.90 Å². The summed E-state index contributed by atoms with van der Waals surface area (Å²) in [6.07, 6.45) is -0.402. The van der Waals surface area contributed by atoms with E-state index in [1.807, 2.05) is 18.2 Å². The van der Waals surface area contributed by atoms with Crippen LogP contribution in [0, 0.1) is 5.92 Å². The van der Waals surface area contributed by atoms with E-state index < -0.39 is 18.0 Å². The van der Waals surface area contributed by atoms with Gasteiger partial charge in [-0.3, -0.25) is 4.79 Å². The Balaban J connectivity index is 2.38. The molecule has 0 unspecified atom stereocenters. The van der Waals surface area contributed by atoms with Gasteiger partial charge in [-0.1, -0.05) is 24.3 Å². The summed E-state index contributed by atoms with van der Waals surface area (Å²) in [6.45, 7) is 0. The Hall–Kier alpha value is -1.35. The lowest BCUT2D eigenvalue weighted by atomic mass is 10.0. The van der Waals surface area contributed by atoms with Gasteiger partial charge in [-0.25, -0.2) is 0 Å². The van der Waals surface area contributed by atoms with Crippen LogP contribution in [0.4, 0.5) is 0 Å². The van der Waals surface area contributed by atoms with Crippen molar-refractivity contribution in [3.63, 3.8) is 0 Å². The molecule has 1 aliphatic carbocycles. The second-order valence-electron chi connectivity index (χ2n) is 3.29. The molecule has 0 heterocycles. The monoisotopic (exact) mass is 178 g/mol. The maximum Gasteiger partial charge on any atom is 0.309 e. The van der Waals surface area contributed by atoms with E-state index >= 15 is 0 Å². The fourth-order valence-electron chi connectivity index (χ4n) is 1.80. The molecule has 0 saturated heterocycles. The predicted molar refractivity (Wildman–Crippen MR) is 46.2 cm³/mol. The highest BCUT2D eigenvalue weighted by Crippen LogP contribution is 2.35. The first-order valence-corrected chi connectivity index (χ1v) is 4.19. The van der Waals surface area contributed by atoms with Gasteiger partial charge in [0, 0.05) is 0 Å². The van der Waals surface area contributed by atoms with Crippen LogP contribution in [0.25, 0.3) is 0 Å². The summed E-state index contributed by atoms with van der Waals surface area (Å²) >= 11 is 0. The summed E-state index contributed by atoms with van der Waals surface area (Å²) < 4.78 is 0. The largest absolute Gasteiger partial charge is 0.481 e. The number of rotatable bonds is 1. The summed E-state index contributed by atoms with van der Waals surface area (Å²) in [7, 11) is 0. The number of aliphatic carboxylic acids is 1. The molecule has 0 spiro atoms. The number of hydrogen-bond donors (Lipinski definition) is 2. The fourth-order valence-corrected chi connectivity index (χ4v) is 1.80. The lowest BCUT2D eigenvalue weighted by Crippen LogP contribution is -2.17. The number of fused-ring (bicyclic) bond motifs is 1. The van der Waals surface area contributed by atoms with E-state index in [1.165, 1.54) is 0 Å². The lowest BCUT2D eigenvalue weighted by molar-refractivity contribution is -0.145. The number of benzene rings is 1. The molecule has 13 heavy (non-hydrogen) atoms. The van der Waals surface area contributed by atoms with Crippen LogP contribution in [-0.4, -0.2) is 16.2 Å². The number of carbonyl (C=O) groups is 1. The van der Waals surface area contributed by atoms with E-state index in [0.717, 1.165) is 11.1 Å². The van der Waals surface area contributed by atoms with Crippen LogP contribution in [0.15, 0.2) is 24.3 Å². The Morgan fingerprint density at radius 3 is 2.69 bits per heavy atom. The van der Waals surface area contributed by atoms with Gasteiger partial charge in [0.1, 0.15) is 0 Å². The van der Waals surface area contributed by atoms with E-state index in [2.05, 4.69) is 0 Å². The Morgan fingerprint density at radius 2 is 2.08 bits per heavy atom. The van der Waals surface area contributed by atoms with Gasteiger partial charge in [0.25, 0.3) is 0 Å². The van der Waals surface area contributed by atoms with E-state index in [-0.39, 0.29) is 0 Å². The van der Waals surface area contributed by atoms with Crippen LogP contribution >= 0.6 is 0 Å². The molecule has 68 valence electrons. The topological polar surface area (TPSA) is 57.5 Å². The van der Waals surface area contributed by atoms with Crippen molar-refractivity contribution in [2.24, 2.45) is 5.92 Å². The number of hydrogen-bond acceptors (Lipinski definition) is 2. The third-order valence-corrected chi connectivity index (χ3v) is 2.51. The standard InChI is InChI=1S/C10H10O3/c11-9-7-4-2-1-3-6(7)5-8(9)10(12)13/h1-4,8-9,11H,5H2,(H,12,13)/t8-,9-/m1/s1. The van der Waals surface area contributed by atoms with Gasteiger partial charge in [0.15, 0.2) is 0 Å². The van der Waals surface area contributed by atoms with Gasteiger partial charge < -0.3 is 10.2 Å². The van der Waals surface area contributed by atoms with Crippen LogP contribution in [0.5, 0.6) is 0 Å². The Bertz CT molecular complexity index is 346. The molecule has 0 aromatic heterocycles. The van der Waals surface area contributed by atoms with Gasteiger partial charge in [0.2, 0.25) is 0 Å². The van der Waals surface area contributed by atoms with Gasteiger partial charge >= 0.3 is 5.97 Å². The van der Waals surface area contributed by atoms with Gasteiger partial charge in [0.05, 0.1) is 12.0 Å². The van der Waals surface area contributed by atoms with Crippen LogP contribution in [-0.2, 0) is 11.2 Å². The van der Waals surface area contributed by atoms with Crippen LogP contribution in [0.1, 0.15) is 17.2 Å². The molecular weight excluding hydrogens is 168 g/mol. The fraction of sp³-hybridized carbons (Fsp3) is 0.300. The van der Waals surface area contributed by atoms with Crippen molar-refractivity contribution in [1.82, 2.24) is 0 Å². The van der Waals surface area contributed by atoms with Crippen molar-refractivity contribution in [3.05, 3.63) is 35.4 Å². The third kappa shape index (κ3) is 1.21. The minimum atomic E-state index is -0.927. The van der Waals surface area contributed by atoms with Gasteiger partial charge in [-0.05, 0) is 17.5 Å². The zero-order chi connectivity index (χ0) is 9.42. The zero-order valence-electron chi connectivity index (χ0n) is 6.97. The molecule has 2 rings (SSSR count). The molecule has 0 amide bonds. The minimum Gasteiger partial charge on any atom is -0.481 e. The molecule has 0 fully saturated rings. The summed E-state index contributed by atoms with van der Waals surface area (Å²) in [6, 6.07) is 7.31. The lowest BCUT2D eigenvalue weighted by Gasteiger charge is -2.08. The summed E-state index contributed by atoms with van der Waals surface area (Å²) in [5.41, 5.74) is 1.71. The Labute approximate surface area is 75.6 Å². The number of aliphatic hydroxyl groups is 1. The third-order valence-electron chi connectivity index (χ3n) is 2.51. The number of carboxylic acids is 1. The molecule has 2 N–H and O–H groups in total. The highest BCUT2D eigenvalue weighted by atomic mass is 16.4. The normalized spacial score (nSPS) is 25.6. The summed E-state index contributed by atoms with van der Waals surface area (Å²) in [5, 5.41) is 18.4. The van der Waals surface area contributed by atoms with Crippen molar-refractivity contribution in [1.29, 1.82) is 0 Å². The van der Waals surface area contributed by atoms with Crippen LogP contribution < -0.4 is 0 Å². The molecule has 1 aliphatic rings. The van der Waals surface area contributed by atoms with Crippen molar-refractivity contribution in [2.45, 2.75) is 12.5 Å². The first-order valence-electron chi connectivity index (χ1n) is 4.19. The second kappa shape index (κ2) is 2.85. The zero-order valence-corrected chi connectivity index (χ0v) is 6.97. The van der Waals surface area contributed by atoms with E-state index in [0.29, 0.717) is 6.42 Å². The average Bonchev–Trinajstić information content (AvgIpc) is 2.45. The highest BCUT2D eigenvalue weighted by Gasteiger charge is 2.35. The van der Waals surface area contributed by atoms with Gasteiger partial charge in [-0.2, -0.15) is 0 Å². The molecule has 3 heteroatoms. The SMILES string of the molecule is O=C(O)[C@@H]1Cc2ccccc2[C@H]1O. The van der Waals surface area contributed by atoms with Crippen molar-refractivity contribution >= 4 is 5.97 Å². The number of aliphatic hydroxyl groups excluding tert-OH is 1. The smallest absolute Gasteiger partial charge is 0.309 e. The number of carboxylic acid groups (broad SMARTS) is 1. The first kappa shape index (κ1) is 8.26. The first-order chi connectivity index (χ1) is 6.20. The van der Waals surface area contributed by atoms with Crippen LogP contribution in [0.3, 0.4) is 0 Å². The Kier molecular flexibility index (Phi) is 1.81. The van der Waals surface area contributed by atoms with Crippen LogP contribution in [0.2, 0.25) is 0 Å². The molecule has 1 aromatic rings. The maximum atomic E-state index is 10.7. The molecule has 0 radical (unpaired) electrons. The average molecular weight is 178 g/mol.